The van der Waals surface area contributed by atoms with E-state index >= 15 is 0 Å². The van der Waals surface area contributed by atoms with Crippen molar-refractivity contribution in [1.82, 2.24) is 4.90 Å². The van der Waals surface area contributed by atoms with E-state index in [2.05, 4.69) is 26.0 Å². The highest BCUT2D eigenvalue weighted by Crippen LogP contribution is 2.28. The lowest BCUT2D eigenvalue weighted by Crippen LogP contribution is -2.44. The first-order valence-corrected chi connectivity index (χ1v) is 9.04. The van der Waals surface area contributed by atoms with Crippen LogP contribution in [0.15, 0.2) is 30.3 Å². The van der Waals surface area contributed by atoms with Gasteiger partial charge in [0, 0.05) is 12.5 Å². The van der Waals surface area contributed by atoms with Gasteiger partial charge < -0.3 is 9.64 Å². The highest BCUT2D eigenvalue weighted by atomic mass is 16.5. The van der Waals surface area contributed by atoms with Crippen LogP contribution < -0.4 is 0 Å². The standard InChI is InChI=1S/C20H29NO3/c1-4-24-20(23)18(11-10-16-8-6-5-7-9-16)21-13-12-17(19(21)22)14-15(2)3/h5-9,15,17-18H,4,10-14H2,1-3H3/t17-,18+/m1/s1. The highest BCUT2D eigenvalue weighted by Gasteiger charge is 2.39. The fraction of sp³-hybridized carbons (Fsp3) is 0.600. The number of hydrogen-bond acceptors (Lipinski definition) is 3. The van der Waals surface area contributed by atoms with Crippen LogP contribution in [0.3, 0.4) is 0 Å². The van der Waals surface area contributed by atoms with E-state index in [-0.39, 0.29) is 17.8 Å². The van der Waals surface area contributed by atoms with Crippen molar-refractivity contribution >= 4 is 11.9 Å². The second-order valence-electron chi connectivity index (χ2n) is 6.94. The average Bonchev–Trinajstić information content (AvgIpc) is 2.90. The molecule has 1 saturated heterocycles. The number of likely N-dealkylation sites (tertiary alicyclic amines) is 1. The third-order valence-corrected chi connectivity index (χ3v) is 4.59. The Morgan fingerprint density at radius 3 is 2.62 bits per heavy atom. The van der Waals surface area contributed by atoms with Gasteiger partial charge in [0.1, 0.15) is 6.04 Å². The van der Waals surface area contributed by atoms with Crippen molar-refractivity contribution in [3.05, 3.63) is 35.9 Å². The van der Waals surface area contributed by atoms with Crippen LogP contribution in [0.5, 0.6) is 0 Å². The number of carbonyl (C=O) groups is 2. The molecule has 4 nitrogen and oxygen atoms in total. The summed E-state index contributed by atoms with van der Waals surface area (Å²) >= 11 is 0. The molecule has 132 valence electrons. The Morgan fingerprint density at radius 1 is 1.29 bits per heavy atom. The second-order valence-corrected chi connectivity index (χ2v) is 6.94. The van der Waals surface area contributed by atoms with Crippen LogP contribution in [0.2, 0.25) is 0 Å². The van der Waals surface area contributed by atoms with Crippen molar-refractivity contribution in [2.45, 2.75) is 52.5 Å². The lowest BCUT2D eigenvalue weighted by molar-refractivity contribution is -0.154. The van der Waals surface area contributed by atoms with Crippen molar-refractivity contribution < 1.29 is 14.3 Å². The normalized spacial score (nSPS) is 18.9. The van der Waals surface area contributed by atoms with Gasteiger partial charge in [0.05, 0.1) is 6.61 Å². The average molecular weight is 331 g/mol. The van der Waals surface area contributed by atoms with Crippen molar-refractivity contribution in [2.24, 2.45) is 11.8 Å². The van der Waals surface area contributed by atoms with Crippen molar-refractivity contribution in [1.29, 1.82) is 0 Å². The van der Waals surface area contributed by atoms with Crippen LogP contribution in [0.25, 0.3) is 0 Å². The lowest BCUT2D eigenvalue weighted by Gasteiger charge is -2.26. The Labute approximate surface area is 145 Å². The topological polar surface area (TPSA) is 46.6 Å². The molecule has 4 heteroatoms. The molecule has 1 aliphatic rings. The predicted octanol–water partition coefficient (Wildman–Crippen LogP) is 3.45. The highest BCUT2D eigenvalue weighted by molar-refractivity contribution is 5.87. The van der Waals surface area contributed by atoms with Gasteiger partial charge in [-0.1, -0.05) is 44.2 Å². The number of aryl methyl sites for hydroxylation is 1. The molecule has 1 heterocycles. The number of nitrogens with zero attached hydrogens (tertiary/aromatic N) is 1. The third kappa shape index (κ3) is 4.83. The molecule has 1 fully saturated rings. The first-order chi connectivity index (χ1) is 11.5. The van der Waals surface area contributed by atoms with Crippen LogP contribution in [-0.2, 0) is 20.7 Å². The van der Waals surface area contributed by atoms with E-state index in [9.17, 15) is 9.59 Å². The lowest BCUT2D eigenvalue weighted by atomic mass is 9.96. The van der Waals surface area contributed by atoms with E-state index in [1.54, 1.807) is 11.8 Å². The van der Waals surface area contributed by atoms with E-state index in [0.29, 0.717) is 25.5 Å². The summed E-state index contributed by atoms with van der Waals surface area (Å²) in [5.74, 6) is 0.393. The monoisotopic (exact) mass is 331 g/mol. The molecule has 0 radical (unpaired) electrons. The van der Waals surface area contributed by atoms with E-state index in [0.717, 1.165) is 19.3 Å². The second kappa shape index (κ2) is 8.86. The van der Waals surface area contributed by atoms with Gasteiger partial charge in [-0.05, 0) is 44.1 Å². The molecule has 0 unspecified atom stereocenters. The number of rotatable bonds is 8. The zero-order valence-electron chi connectivity index (χ0n) is 15.0. The molecule has 0 aromatic heterocycles. The largest absolute Gasteiger partial charge is 0.464 e. The fourth-order valence-electron chi connectivity index (χ4n) is 3.45. The van der Waals surface area contributed by atoms with Crippen molar-refractivity contribution in [2.75, 3.05) is 13.2 Å². The van der Waals surface area contributed by atoms with Gasteiger partial charge >= 0.3 is 5.97 Å². The van der Waals surface area contributed by atoms with Crippen LogP contribution in [0.1, 0.15) is 45.6 Å². The van der Waals surface area contributed by atoms with Gasteiger partial charge in [0.15, 0.2) is 0 Å². The minimum absolute atomic E-state index is 0.0543. The number of esters is 1. The Kier molecular flexibility index (Phi) is 6.83. The van der Waals surface area contributed by atoms with Crippen molar-refractivity contribution in [3.63, 3.8) is 0 Å². The minimum Gasteiger partial charge on any atom is -0.464 e. The van der Waals surface area contributed by atoms with Crippen LogP contribution in [0.4, 0.5) is 0 Å². The van der Waals surface area contributed by atoms with E-state index in [1.165, 1.54) is 5.56 Å². The van der Waals surface area contributed by atoms with Gasteiger partial charge in [-0.2, -0.15) is 0 Å². The summed E-state index contributed by atoms with van der Waals surface area (Å²) in [6, 6.07) is 9.61. The Morgan fingerprint density at radius 2 is 2.00 bits per heavy atom. The minimum atomic E-state index is -0.463. The smallest absolute Gasteiger partial charge is 0.328 e. The van der Waals surface area contributed by atoms with Gasteiger partial charge in [-0.25, -0.2) is 4.79 Å². The molecule has 0 saturated carbocycles. The Bertz CT molecular complexity index is 541. The summed E-state index contributed by atoms with van der Waals surface area (Å²) in [5, 5.41) is 0. The van der Waals surface area contributed by atoms with E-state index in [4.69, 9.17) is 4.74 Å². The zero-order valence-corrected chi connectivity index (χ0v) is 15.0. The van der Waals surface area contributed by atoms with Crippen LogP contribution in [-0.4, -0.2) is 36.0 Å². The maximum Gasteiger partial charge on any atom is 0.328 e. The van der Waals surface area contributed by atoms with Gasteiger partial charge in [0.2, 0.25) is 5.91 Å². The molecule has 1 aromatic carbocycles. The number of carbonyl (C=O) groups excluding carboxylic acids is 2. The number of benzene rings is 1. The van der Waals surface area contributed by atoms with Gasteiger partial charge in [-0.15, -0.1) is 0 Å². The third-order valence-electron chi connectivity index (χ3n) is 4.59. The van der Waals surface area contributed by atoms with Crippen molar-refractivity contribution in [3.8, 4) is 0 Å². The molecular weight excluding hydrogens is 302 g/mol. The molecule has 1 amide bonds. The maximum absolute atomic E-state index is 12.7. The molecule has 0 N–H and O–H groups in total. The molecule has 0 spiro atoms. The Hall–Kier alpha value is -1.84. The summed E-state index contributed by atoms with van der Waals surface area (Å²) in [5.41, 5.74) is 1.18. The molecule has 0 bridgehead atoms. The molecule has 2 atom stereocenters. The van der Waals surface area contributed by atoms with E-state index in [1.807, 2.05) is 18.2 Å². The number of amides is 1. The summed E-state index contributed by atoms with van der Waals surface area (Å²) in [4.78, 5) is 26.9. The summed E-state index contributed by atoms with van der Waals surface area (Å²) < 4.78 is 5.24. The summed E-state index contributed by atoms with van der Waals surface area (Å²) in [7, 11) is 0. The molecule has 24 heavy (non-hydrogen) atoms. The summed E-state index contributed by atoms with van der Waals surface area (Å²) in [6.45, 7) is 7.08. The van der Waals surface area contributed by atoms with Gasteiger partial charge in [0.25, 0.3) is 0 Å². The Balaban J connectivity index is 2.05. The van der Waals surface area contributed by atoms with Gasteiger partial charge in [-0.3, -0.25) is 4.79 Å². The predicted molar refractivity (Wildman–Crippen MR) is 94.5 cm³/mol. The molecular formula is C20H29NO3. The van der Waals surface area contributed by atoms with Crippen LogP contribution in [0, 0.1) is 11.8 Å². The molecule has 1 aliphatic heterocycles. The quantitative estimate of drug-likeness (QED) is 0.686. The maximum atomic E-state index is 12.7. The van der Waals surface area contributed by atoms with Crippen LogP contribution >= 0.6 is 0 Å². The molecule has 1 aromatic rings. The first-order valence-electron chi connectivity index (χ1n) is 9.04. The summed E-state index contributed by atoms with van der Waals surface area (Å²) in [6.07, 6.45) is 3.12. The fourth-order valence-corrected chi connectivity index (χ4v) is 3.45. The zero-order chi connectivity index (χ0) is 17.5. The molecule has 0 aliphatic carbocycles. The number of ether oxygens (including phenoxy) is 1. The van der Waals surface area contributed by atoms with E-state index < -0.39 is 6.04 Å². The number of hydrogen-bond donors (Lipinski definition) is 0. The SMILES string of the molecule is CCOC(=O)[C@H](CCc1ccccc1)N1CC[C@H](CC(C)C)C1=O. The molecule has 2 rings (SSSR count). The first kappa shape index (κ1) is 18.5.